The number of methoxy groups -OCH3 is 2. The Morgan fingerprint density at radius 1 is 1.11 bits per heavy atom. The summed E-state index contributed by atoms with van der Waals surface area (Å²) in [5, 5.41) is 10.3. The number of ether oxygens (including phenoxy) is 3. The maximum atomic E-state index is 11.5. The number of aromatic nitrogens is 1. The first-order valence-corrected chi connectivity index (χ1v) is 8.70. The number of carboxylic acids is 1. The minimum atomic E-state index is -0.893. The van der Waals surface area contributed by atoms with Gasteiger partial charge in [0.25, 0.3) is 0 Å². The first kappa shape index (κ1) is 18.6. The molecule has 0 unspecified atom stereocenters. The molecule has 6 heteroatoms. The van der Waals surface area contributed by atoms with Gasteiger partial charge in [-0.15, -0.1) is 0 Å². The second-order valence-electron chi connectivity index (χ2n) is 6.21. The van der Waals surface area contributed by atoms with E-state index in [4.69, 9.17) is 14.2 Å². The summed E-state index contributed by atoms with van der Waals surface area (Å²) in [6.07, 6.45) is -0.0997. The summed E-state index contributed by atoms with van der Waals surface area (Å²) in [7, 11) is 3.18. The average Bonchev–Trinajstić information content (AvgIpc) is 3.00. The Morgan fingerprint density at radius 3 is 2.52 bits per heavy atom. The first-order valence-electron chi connectivity index (χ1n) is 8.70. The molecule has 2 N–H and O–H groups in total. The highest BCUT2D eigenvalue weighted by Gasteiger charge is 2.19. The van der Waals surface area contributed by atoms with E-state index in [9.17, 15) is 9.90 Å². The molecule has 0 atom stereocenters. The number of carbonyl (C=O) groups is 1. The molecule has 0 aliphatic carbocycles. The van der Waals surface area contributed by atoms with Gasteiger partial charge in [0, 0.05) is 16.5 Å². The third-order valence-electron chi connectivity index (χ3n) is 4.50. The second kappa shape index (κ2) is 7.61. The number of aliphatic carboxylic acids is 1. The number of hydrogen-bond donors (Lipinski definition) is 2. The van der Waals surface area contributed by atoms with E-state index >= 15 is 0 Å². The van der Waals surface area contributed by atoms with Crippen LogP contribution in [0, 0.1) is 6.92 Å². The molecule has 0 fully saturated rings. The van der Waals surface area contributed by atoms with Gasteiger partial charge in [-0.2, -0.15) is 0 Å². The van der Waals surface area contributed by atoms with Gasteiger partial charge in [0.05, 0.1) is 32.9 Å². The molecule has 0 radical (unpaired) electrons. The number of benzene rings is 2. The van der Waals surface area contributed by atoms with E-state index in [1.807, 2.05) is 44.2 Å². The summed E-state index contributed by atoms with van der Waals surface area (Å²) in [4.78, 5) is 14.9. The van der Waals surface area contributed by atoms with Crippen LogP contribution in [0.3, 0.4) is 0 Å². The van der Waals surface area contributed by atoms with E-state index in [2.05, 4.69) is 4.98 Å². The van der Waals surface area contributed by atoms with Gasteiger partial charge in [0.15, 0.2) is 11.5 Å². The molecular formula is C21H23NO5. The monoisotopic (exact) mass is 369 g/mol. The fourth-order valence-corrected chi connectivity index (χ4v) is 3.29. The van der Waals surface area contributed by atoms with Crippen LogP contribution in [0.4, 0.5) is 0 Å². The molecule has 0 aliphatic heterocycles. The highest BCUT2D eigenvalue weighted by molar-refractivity contribution is 5.96. The lowest BCUT2D eigenvalue weighted by molar-refractivity contribution is -0.136. The Labute approximate surface area is 157 Å². The number of H-pyrrole nitrogens is 1. The molecule has 0 amide bonds. The predicted molar refractivity (Wildman–Crippen MR) is 104 cm³/mol. The molecule has 0 saturated heterocycles. The van der Waals surface area contributed by atoms with Crippen LogP contribution in [0.5, 0.6) is 17.2 Å². The Hall–Kier alpha value is -3.15. The zero-order valence-electron chi connectivity index (χ0n) is 15.9. The van der Waals surface area contributed by atoms with Crippen molar-refractivity contribution in [3.8, 4) is 28.5 Å². The summed E-state index contributed by atoms with van der Waals surface area (Å²) < 4.78 is 16.4. The lowest BCUT2D eigenvalue weighted by atomic mass is 10.0. The third kappa shape index (κ3) is 3.56. The Morgan fingerprint density at radius 2 is 1.89 bits per heavy atom. The zero-order valence-corrected chi connectivity index (χ0v) is 15.9. The number of hydrogen-bond acceptors (Lipinski definition) is 4. The van der Waals surface area contributed by atoms with Crippen molar-refractivity contribution in [3.63, 3.8) is 0 Å². The number of aromatic amines is 1. The third-order valence-corrected chi connectivity index (χ3v) is 4.50. The van der Waals surface area contributed by atoms with E-state index in [-0.39, 0.29) is 6.42 Å². The maximum Gasteiger partial charge on any atom is 0.307 e. The van der Waals surface area contributed by atoms with Crippen molar-refractivity contribution < 1.29 is 24.1 Å². The van der Waals surface area contributed by atoms with Crippen LogP contribution >= 0.6 is 0 Å². The largest absolute Gasteiger partial charge is 0.497 e. The van der Waals surface area contributed by atoms with Crippen LogP contribution in [-0.4, -0.2) is 36.9 Å². The van der Waals surface area contributed by atoms with Gasteiger partial charge in [-0.3, -0.25) is 4.79 Å². The molecular weight excluding hydrogens is 346 g/mol. The molecule has 27 heavy (non-hydrogen) atoms. The fourth-order valence-electron chi connectivity index (χ4n) is 3.29. The van der Waals surface area contributed by atoms with Crippen molar-refractivity contribution in [3.05, 3.63) is 41.5 Å². The summed E-state index contributed by atoms with van der Waals surface area (Å²) in [6.45, 7) is 4.41. The molecule has 3 rings (SSSR count). The average molecular weight is 369 g/mol. The molecule has 2 aromatic carbocycles. The Bertz CT molecular complexity index is 990. The maximum absolute atomic E-state index is 11.5. The van der Waals surface area contributed by atoms with E-state index < -0.39 is 5.97 Å². The van der Waals surface area contributed by atoms with Gasteiger partial charge in [-0.25, -0.2) is 0 Å². The number of aryl methyl sites for hydroxylation is 1. The topological polar surface area (TPSA) is 80.8 Å². The quantitative estimate of drug-likeness (QED) is 0.653. The van der Waals surface area contributed by atoms with Gasteiger partial charge in [-0.05, 0) is 55.3 Å². The van der Waals surface area contributed by atoms with Crippen LogP contribution in [0.15, 0.2) is 30.3 Å². The van der Waals surface area contributed by atoms with Crippen LogP contribution in [0.2, 0.25) is 0 Å². The summed E-state index contributed by atoms with van der Waals surface area (Å²) in [5.41, 5.74) is 4.19. The normalized spacial score (nSPS) is 10.8. The standard InChI is InChI=1S/C21H23NO5/c1-5-27-17-7-6-13(9-18(17)26-4)21-16(11-19(23)24)15-10-14(25-3)8-12(2)20(15)22-21/h6-10,22H,5,11H2,1-4H3,(H,23,24). The van der Waals surface area contributed by atoms with Crippen LogP contribution in [0.25, 0.3) is 22.2 Å². The minimum absolute atomic E-state index is 0.0997. The minimum Gasteiger partial charge on any atom is -0.497 e. The number of carboxylic acid groups (broad SMARTS) is 1. The lowest BCUT2D eigenvalue weighted by Crippen LogP contribution is -2.01. The van der Waals surface area contributed by atoms with Gasteiger partial charge < -0.3 is 24.3 Å². The van der Waals surface area contributed by atoms with Crippen molar-refractivity contribution in [1.29, 1.82) is 0 Å². The Kier molecular flexibility index (Phi) is 5.26. The second-order valence-corrected chi connectivity index (χ2v) is 6.21. The molecule has 0 aliphatic rings. The number of nitrogens with one attached hydrogen (secondary N) is 1. The lowest BCUT2D eigenvalue weighted by Gasteiger charge is -2.11. The fraction of sp³-hybridized carbons (Fsp3) is 0.286. The smallest absolute Gasteiger partial charge is 0.307 e. The van der Waals surface area contributed by atoms with Crippen LogP contribution in [0.1, 0.15) is 18.1 Å². The van der Waals surface area contributed by atoms with Crippen molar-refractivity contribution in [2.75, 3.05) is 20.8 Å². The zero-order chi connectivity index (χ0) is 19.6. The van der Waals surface area contributed by atoms with E-state index in [0.717, 1.165) is 27.7 Å². The highest BCUT2D eigenvalue weighted by Crippen LogP contribution is 2.38. The van der Waals surface area contributed by atoms with Gasteiger partial charge >= 0.3 is 5.97 Å². The molecule has 0 spiro atoms. The summed E-state index contributed by atoms with van der Waals surface area (Å²) in [5.74, 6) is 1.05. The molecule has 1 heterocycles. The van der Waals surface area contributed by atoms with Crippen molar-refractivity contribution in [2.45, 2.75) is 20.3 Å². The van der Waals surface area contributed by atoms with E-state index in [1.54, 1.807) is 14.2 Å². The van der Waals surface area contributed by atoms with Crippen molar-refractivity contribution >= 4 is 16.9 Å². The molecule has 0 saturated carbocycles. The SMILES string of the molecule is CCOc1ccc(-c2[nH]c3c(C)cc(OC)cc3c2CC(=O)O)cc1OC. The molecule has 3 aromatic rings. The predicted octanol–water partition coefficient (Wildman–Crippen LogP) is 4.19. The molecule has 1 aromatic heterocycles. The van der Waals surface area contributed by atoms with Gasteiger partial charge in [-0.1, -0.05) is 0 Å². The molecule has 0 bridgehead atoms. The van der Waals surface area contributed by atoms with Crippen LogP contribution < -0.4 is 14.2 Å². The summed E-state index contributed by atoms with van der Waals surface area (Å²) >= 11 is 0. The highest BCUT2D eigenvalue weighted by atomic mass is 16.5. The number of fused-ring (bicyclic) bond motifs is 1. The Balaban J connectivity index is 2.24. The first-order chi connectivity index (χ1) is 13.0. The van der Waals surface area contributed by atoms with Crippen molar-refractivity contribution in [1.82, 2.24) is 4.98 Å². The van der Waals surface area contributed by atoms with Gasteiger partial charge in [0.1, 0.15) is 5.75 Å². The van der Waals surface area contributed by atoms with Crippen LogP contribution in [-0.2, 0) is 11.2 Å². The summed E-state index contributed by atoms with van der Waals surface area (Å²) in [6, 6.07) is 9.38. The van der Waals surface area contributed by atoms with E-state index in [1.165, 1.54) is 0 Å². The number of rotatable bonds is 7. The van der Waals surface area contributed by atoms with Gasteiger partial charge in [0.2, 0.25) is 0 Å². The molecule has 6 nitrogen and oxygen atoms in total. The molecule has 142 valence electrons. The van der Waals surface area contributed by atoms with Crippen molar-refractivity contribution in [2.24, 2.45) is 0 Å². The van der Waals surface area contributed by atoms with E-state index in [0.29, 0.717) is 29.4 Å².